The van der Waals surface area contributed by atoms with Crippen LogP contribution < -0.4 is 38.5 Å². The standard InChI is InChI=1S/C28H29NO9/c1-32-21-11-16(12-22(33-2)25(21)35-4)28(31)29-17-9-7-8-15(10-17)19-13-18(30)24-20(38-19)14-23(34-3)26(36-5)27(24)37-6/h7-12,14,19H,13H2,1-6H3,(H,29,31). The molecule has 1 aliphatic heterocycles. The number of hydrogen-bond donors (Lipinski definition) is 1. The maximum absolute atomic E-state index is 13.2. The van der Waals surface area contributed by atoms with E-state index in [1.165, 1.54) is 42.7 Å². The van der Waals surface area contributed by atoms with E-state index in [9.17, 15) is 9.59 Å². The molecule has 0 saturated carbocycles. The van der Waals surface area contributed by atoms with Crippen LogP contribution in [0.4, 0.5) is 5.69 Å². The third-order valence-corrected chi connectivity index (χ3v) is 6.16. The molecule has 0 bridgehead atoms. The first-order valence-electron chi connectivity index (χ1n) is 11.6. The SMILES string of the molecule is COc1cc(C(=O)Nc2cccc(C3CC(=O)c4c(cc(OC)c(OC)c4OC)O3)c2)cc(OC)c1OC. The van der Waals surface area contributed by atoms with Gasteiger partial charge in [-0.2, -0.15) is 0 Å². The fraction of sp³-hybridized carbons (Fsp3) is 0.286. The van der Waals surface area contributed by atoms with Gasteiger partial charge in [0.05, 0.1) is 49.1 Å². The second-order valence-electron chi connectivity index (χ2n) is 8.25. The van der Waals surface area contributed by atoms with Crippen molar-refractivity contribution in [1.82, 2.24) is 0 Å². The van der Waals surface area contributed by atoms with E-state index < -0.39 is 6.10 Å². The smallest absolute Gasteiger partial charge is 0.255 e. The highest BCUT2D eigenvalue weighted by molar-refractivity contribution is 6.05. The molecule has 1 atom stereocenters. The Morgan fingerprint density at radius 2 is 1.39 bits per heavy atom. The zero-order valence-electron chi connectivity index (χ0n) is 22.0. The molecule has 0 saturated heterocycles. The molecule has 3 aromatic rings. The van der Waals surface area contributed by atoms with E-state index in [1.54, 1.807) is 36.4 Å². The predicted molar refractivity (Wildman–Crippen MR) is 139 cm³/mol. The maximum Gasteiger partial charge on any atom is 0.255 e. The maximum atomic E-state index is 13.2. The van der Waals surface area contributed by atoms with E-state index in [2.05, 4.69) is 5.32 Å². The van der Waals surface area contributed by atoms with Crippen LogP contribution in [0.2, 0.25) is 0 Å². The summed E-state index contributed by atoms with van der Waals surface area (Å²) in [7, 11) is 8.87. The minimum absolute atomic E-state index is 0.0725. The van der Waals surface area contributed by atoms with Gasteiger partial charge in [-0.15, -0.1) is 0 Å². The van der Waals surface area contributed by atoms with Gasteiger partial charge in [0.25, 0.3) is 5.91 Å². The lowest BCUT2D eigenvalue weighted by atomic mass is 9.94. The fourth-order valence-electron chi connectivity index (χ4n) is 4.37. The minimum atomic E-state index is -0.587. The second-order valence-corrected chi connectivity index (χ2v) is 8.25. The average Bonchev–Trinajstić information content (AvgIpc) is 2.94. The number of carbonyl (C=O) groups is 2. The van der Waals surface area contributed by atoms with Crippen LogP contribution in [0.1, 0.15) is 38.8 Å². The molecule has 1 N–H and O–H groups in total. The molecule has 1 aliphatic rings. The van der Waals surface area contributed by atoms with Crippen molar-refractivity contribution in [3.8, 4) is 40.2 Å². The summed E-state index contributed by atoms with van der Waals surface area (Å²) < 4.78 is 38.5. The van der Waals surface area contributed by atoms with E-state index in [1.807, 2.05) is 6.07 Å². The minimum Gasteiger partial charge on any atom is -0.493 e. The van der Waals surface area contributed by atoms with Gasteiger partial charge in [-0.1, -0.05) is 12.1 Å². The van der Waals surface area contributed by atoms with E-state index in [4.69, 9.17) is 33.2 Å². The summed E-state index contributed by atoms with van der Waals surface area (Å²) >= 11 is 0. The summed E-state index contributed by atoms with van der Waals surface area (Å²) in [6.07, 6.45) is -0.515. The topological polar surface area (TPSA) is 111 Å². The molecular formula is C28H29NO9. The van der Waals surface area contributed by atoms with E-state index in [0.717, 1.165) is 0 Å². The Morgan fingerprint density at radius 1 is 0.789 bits per heavy atom. The van der Waals surface area contributed by atoms with Crippen molar-refractivity contribution < 1.29 is 42.7 Å². The number of ketones is 1. The molecule has 1 amide bonds. The van der Waals surface area contributed by atoms with Crippen LogP contribution in [0, 0.1) is 0 Å². The number of nitrogens with one attached hydrogen (secondary N) is 1. The summed E-state index contributed by atoms with van der Waals surface area (Å²) in [4.78, 5) is 26.2. The third kappa shape index (κ3) is 4.84. The number of anilines is 1. The van der Waals surface area contributed by atoms with E-state index >= 15 is 0 Å². The molecule has 0 radical (unpaired) electrons. The molecule has 1 heterocycles. The number of fused-ring (bicyclic) bond motifs is 1. The number of benzene rings is 3. The lowest BCUT2D eigenvalue weighted by Crippen LogP contribution is -2.22. The van der Waals surface area contributed by atoms with Crippen LogP contribution in [0.3, 0.4) is 0 Å². The molecule has 10 nitrogen and oxygen atoms in total. The van der Waals surface area contributed by atoms with Crippen molar-refractivity contribution in [3.05, 3.63) is 59.2 Å². The van der Waals surface area contributed by atoms with Gasteiger partial charge in [-0.05, 0) is 29.8 Å². The van der Waals surface area contributed by atoms with Crippen molar-refractivity contribution in [2.24, 2.45) is 0 Å². The van der Waals surface area contributed by atoms with Crippen LogP contribution in [0.25, 0.3) is 0 Å². The molecule has 3 aromatic carbocycles. The first-order chi connectivity index (χ1) is 18.4. The van der Waals surface area contributed by atoms with Crippen LogP contribution in [0.5, 0.6) is 40.2 Å². The number of hydrogen-bond acceptors (Lipinski definition) is 9. The summed E-state index contributed by atoms with van der Waals surface area (Å²) in [5, 5.41) is 2.87. The number of methoxy groups -OCH3 is 6. The Morgan fingerprint density at radius 3 is 1.97 bits per heavy atom. The Balaban J connectivity index is 1.61. The van der Waals surface area contributed by atoms with Gasteiger partial charge >= 0.3 is 0 Å². The molecule has 0 fully saturated rings. The van der Waals surface area contributed by atoms with Gasteiger partial charge in [-0.25, -0.2) is 0 Å². The van der Waals surface area contributed by atoms with Gasteiger partial charge in [0.1, 0.15) is 17.4 Å². The molecule has 200 valence electrons. The Bertz CT molecular complexity index is 1340. The summed E-state index contributed by atoms with van der Waals surface area (Å²) in [6, 6.07) is 11.8. The lowest BCUT2D eigenvalue weighted by molar-refractivity contribution is 0.0842. The van der Waals surface area contributed by atoms with Crippen LogP contribution >= 0.6 is 0 Å². The lowest BCUT2D eigenvalue weighted by Gasteiger charge is -2.28. The quantitative estimate of drug-likeness (QED) is 0.427. The summed E-state index contributed by atoms with van der Waals surface area (Å²) in [5.74, 6) is 1.85. The Hall–Kier alpha value is -4.60. The van der Waals surface area contributed by atoms with Crippen molar-refractivity contribution in [2.45, 2.75) is 12.5 Å². The van der Waals surface area contributed by atoms with Gasteiger partial charge in [0.2, 0.25) is 11.5 Å². The van der Waals surface area contributed by atoms with E-state index in [-0.39, 0.29) is 23.9 Å². The molecule has 0 aromatic heterocycles. The third-order valence-electron chi connectivity index (χ3n) is 6.16. The highest BCUT2D eigenvalue weighted by Gasteiger charge is 2.34. The molecule has 0 spiro atoms. The molecule has 4 rings (SSSR count). The normalized spacial score (nSPS) is 14.1. The van der Waals surface area contributed by atoms with Gasteiger partial charge in [0, 0.05) is 17.3 Å². The van der Waals surface area contributed by atoms with Crippen molar-refractivity contribution in [2.75, 3.05) is 48.0 Å². The summed E-state index contributed by atoms with van der Waals surface area (Å²) in [6.45, 7) is 0. The zero-order valence-corrected chi connectivity index (χ0v) is 22.0. The highest BCUT2D eigenvalue weighted by atomic mass is 16.5. The fourth-order valence-corrected chi connectivity index (χ4v) is 4.37. The second kappa shape index (κ2) is 11.2. The van der Waals surface area contributed by atoms with Crippen molar-refractivity contribution >= 4 is 17.4 Å². The van der Waals surface area contributed by atoms with Crippen LogP contribution in [-0.2, 0) is 0 Å². The largest absolute Gasteiger partial charge is 0.493 e. The van der Waals surface area contributed by atoms with Gasteiger partial charge < -0.3 is 38.5 Å². The van der Waals surface area contributed by atoms with Gasteiger partial charge in [0.15, 0.2) is 28.8 Å². The first kappa shape index (κ1) is 26.5. The van der Waals surface area contributed by atoms with Crippen LogP contribution in [0.15, 0.2) is 42.5 Å². The van der Waals surface area contributed by atoms with E-state index in [0.29, 0.717) is 56.9 Å². The average molecular weight is 524 g/mol. The molecule has 38 heavy (non-hydrogen) atoms. The number of Topliss-reactive ketones (excluding diaryl/α,β-unsaturated/α-hetero) is 1. The molecule has 0 aliphatic carbocycles. The molecular weight excluding hydrogens is 494 g/mol. The highest BCUT2D eigenvalue weighted by Crippen LogP contribution is 2.49. The predicted octanol–water partition coefficient (Wildman–Crippen LogP) is 4.70. The van der Waals surface area contributed by atoms with Crippen molar-refractivity contribution in [3.63, 3.8) is 0 Å². The summed E-state index contributed by atoms with van der Waals surface area (Å²) in [5.41, 5.74) is 1.85. The number of carbonyl (C=O) groups excluding carboxylic acids is 2. The zero-order chi connectivity index (χ0) is 27.4. The number of amides is 1. The number of rotatable bonds is 9. The molecule has 1 unspecified atom stereocenters. The van der Waals surface area contributed by atoms with Crippen molar-refractivity contribution in [1.29, 1.82) is 0 Å². The molecule has 10 heteroatoms. The van der Waals surface area contributed by atoms with Gasteiger partial charge in [-0.3, -0.25) is 9.59 Å². The van der Waals surface area contributed by atoms with Crippen LogP contribution in [-0.4, -0.2) is 54.3 Å². The monoisotopic (exact) mass is 523 g/mol. The Kier molecular flexibility index (Phi) is 7.80. The number of ether oxygens (including phenoxy) is 7. The first-order valence-corrected chi connectivity index (χ1v) is 11.6. The Labute approximate surface area is 220 Å².